The largest absolute Gasteiger partial charge is 0.472 e. The Bertz CT molecular complexity index is 1060. The number of carbonyl (C=O) groups is 1. The average molecular weight is 390 g/mol. The highest BCUT2D eigenvalue weighted by atomic mass is 16.5. The molecule has 9 nitrogen and oxygen atoms in total. The fraction of sp³-hybridized carbons (Fsp3) is 0.300. The van der Waals surface area contributed by atoms with E-state index in [2.05, 4.69) is 25.2 Å². The van der Waals surface area contributed by atoms with E-state index in [1.807, 2.05) is 26.0 Å². The van der Waals surface area contributed by atoms with Crippen molar-refractivity contribution in [2.45, 2.75) is 26.5 Å². The highest BCUT2D eigenvalue weighted by Gasteiger charge is 2.36. The highest BCUT2D eigenvalue weighted by Crippen LogP contribution is 2.26. The van der Waals surface area contributed by atoms with E-state index in [4.69, 9.17) is 15.8 Å². The predicted octanol–water partition coefficient (Wildman–Crippen LogP) is 2.47. The third-order valence-electron chi connectivity index (χ3n) is 4.73. The zero-order chi connectivity index (χ0) is 20.4. The molecule has 3 aromatic rings. The summed E-state index contributed by atoms with van der Waals surface area (Å²) in [5, 5.41) is 12.0. The molecule has 146 valence electrons. The number of amides is 1. The molecule has 0 spiro atoms. The van der Waals surface area contributed by atoms with Gasteiger partial charge in [-0.1, -0.05) is 5.16 Å². The van der Waals surface area contributed by atoms with Gasteiger partial charge in [-0.3, -0.25) is 9.78 Å². The molecule has 0 aromatic carbocycles. The first-order valence-corrected chi connectivity index (χ1v) is 9.05. The van der Waals surface area contributed by atoms with E-state index in [0.717, 1.165) is 16.8 Å². The van der Waals surface area contributed by atoms with Crippen molar-refractivity contribution in [1.82, 2.24) is 25.2 Å². The van der Waals surface area contributed by atoms with E-state index in [0.29, 0.717) is 24.5 Å². The van der Waals surface area contributed by atoms with Crippen LogP contribution in [0.25, 0.3) is 16.1 Å². The molecule has 1 aliphatic rings. The van der Waals surface area contributed by atoms with Gasteiger partial charge in [-0.15, -0.1) is 10.2 Å². The Kier molecular flexibility index (Phi) is 4.91. The topological polar surface area (TPSA) is 98.6 Å². The van der Waals surface area contributed by atoms with Crippen molar-refractivity contribution in [3.05, 3.63) is 64.6 Å². The standard InChI is InChI=1S/C20H18N6O3/c1-12-4-5-14(8-22-12)19-16(13(2)29-25-19)11-28-18-7-6-17(23-24-18)20(27)26-9-15(10-26)21-3/h4-8,15H,9-11H2,1-2H3. The summed E-state index contributed by atoms with van der Waals surface area (Å²) in [7, 11) is 0. The summed E-state index contributed by atoms with van der Waals surface area (Å²) in [6, 6.07) is 6.89. The van der Waals surface area contributed by atoms with Crippen LogP contribution in [0, 0.1) is 20.4 Å². The van der Waals surface area contributed by atoms with E-state index in [1.54, 1.807) is 23.2 Å². The van der Waals surface area contributed by atoms with Crippen LogP contribution in [0.2, 0.25) is 0 Å². The first kappa shape index (κ1) is 18.6. The second-order valence-electron chi connectivity index (χ2n) is 6.79. The van der Waals surface area contributed by atoms with E-state index in [1.165, 1.54) is 0 Å². The van der Waals surface area contributed by atoms with E-state index in [-0.39, 0.29) is 30.1 Å². The van der Waals surface area contributed by atoms with Gasteiger partial charge in [0.2, 0.25) is 5.88 Å². The van der Waals surface area contributed by atoms with Crippen LogP contribution in [-0.2, 0) is 6.61 Å². The van der Waals surface area contributed by atoms with Crippen LogP contribution in [0.5, 0.6) is 5.88 Å². The maximum atomic E-state index is 12.3. The van der Waals surface area contributed by atoms with Crippen LogP contribution in [0.4, 0.5) is 0 Å². The number of aryl methyl sites for hydroxylation is 2. The Morgan fingerprint density at radius 2 is 2.10 bits per heavy atom. The zero-order valence-corrected chi connectivity index (χ0v) is 16.0. The van der Waals surface area contributed by atoms with E-state index in [9.17, 15) is 4.79 Å². The van der Waals surface area contributed by atoms with Crippen LogP contribution in [0.1, 0.15) is 27.5 Å². The van der Waals surface area contributed by atoms with Crippen molar-refractivity contribution < 1.29 is 14.1 Å². The number of nitrogens with zero attached hydrogens (tertiary/aromatic N) is 6. The van der Waals surface area contributed by atoms with E-state index < -0.39 is 0 Å². The van der Waals surface area contributed by atoms with Crippen LogP contribution < -0.4 is 4.74 Å². The molecule has 1 fully saturated rings. The van der Waals surface area contributed by atoms with Gasteiger partial charge in [-0.2, -0.15) is 0 Å². The second kappa shape index (κ2) is 7.67. The second-order valence-corrected chi connectivity index (χ2v) is 6.79. The lowest BCUT2D eigenvalue weighted by Gasteiger charge is -2.31. The average Bonchev–Trinajstić information content (AvgIpc) is 3.07. The molecule has 9 heteroatoms. The lowest BCUT2D eigenvalue weighted by Crippen LogP contribution is -2.52. The number of ether oxygens (including phenoxy) is 1. The van der Waals surface area contributed by atoms with Crippen LogP contribution in [0.15, 0.2) is 35.0 Å². The number of hydrogen-bond acceptors (Lipinski definition) is 7. The summed E-state index contributed by atoms with van der Waals surface area (Å²) < 4.78 is 11.0. The number of rotatable bonds is 5. The fourth-order valence-electron chi connectivity index (χ4n) is 2.92. The molecule has 1 saturated heterocycles. The van der Waals surface area contributed by atoms with Crippen molar-refractivity contribution in [3.63, 3.8) is 0 Å². The third kappa shape index (κ3) is 3.78. The van der Waals surface area contributed by atoms with Gasteiger partial charge in [0.25, 0.3) is 11.9 Å². The van der Waals surface area contributed by atoms with Gasteiger partial charge >= 0.3 is 0 Å². The van der Waals surface area contributed by atoms with Crippen LogP contribution in [-0.4, -0.2) is 50.3 Å². The molecule has 0 saturated carbocycles. The number of carbonyl (C=O) groups excluding carboxylic acids is 1. The van der Waals surface area contributed by atoms with Gasteiger partial charge < -0.3 is 19.0 Å². The molecule has 3 aromatic heterocycles. The van der Waals surface area contributed by atoms with Gasteiger partial charge in [-0.05, 0) is 32.0 Å². The van der Waals surface area contributed by atoms with Crippen molar-refractivity contribution in [1.29, 1.82) is 0 Å². The number of aromatic nitrogens is 4. The monoisotopic (exact) mass is 390 g/mol. The fourth-order valence-corrected chi connectivity index (χ4v) is 2.92. The molecule has 29 heavy (non-hydrogen) atoms. The quantitative estimate of drug-likeness (QED) is 0.617. The number of likely N-dealkylation sites (tertiary alicyclic amines) is 1. The third-order valence-corrected chi connectivity index (χ3v) is 4.73. The molecule has 0 atom stereocenters. The summed E-state index contributed by atoms with van der Waals surface area (Å²) in [4.78, 5) is 21.5. The normalized spacial score (nSPS) is 13.6. The molecule has 0 N–H and O–H groups in total. The molecule has 1 amide bonds. The minimum absolute atomic E-state index is 0.112. The molecule has 0 aliphatic carbocycles. The molecule has 0 unspecified atom stereocenters. The van der Waals surface area contributed by atoms with Crippen molar-refractivity contribution in [2.75, 3.05) is 13.1 Å². The van der Waals surface area contributed by atoms with Crippen molar-refractivity contribution >= 4 is 5.91 Å². The van der Waals surface area contributed by atoms with Crippen molar-refractivity contribution in [3.8, 4) is 17.1 Å². The zero-order valence-electron chi connectivity index (χ0n) is 16.0. The molecule has 0 bridgehead atoms. The predicted molar refractivity (Wildman–Crippen MR) is 102 cm³/mol. The maximum Gasteiger partial charge on any atom is 0.274 e. The smallest absolute Gasteiger partial charge is 0.274 e. The van der Waals surface area contributed by atoms with Gasteiger partial charge in [0.15, 0.2) is 5.69 Å². The van der Waals surface area contributed by atoms with Gasteiger partial charge in [0.1, 0.15) is 18.1 Å². The molecular formula is C20H18N6O3. The van der Waals surface area contributed by atoms with Gasteiger partial charge in [0.05, 0.1) is 18.7 Å². The van der Waals surface area contributed by atoms with Gasteiger partial charge in [-0.25, -0.2) is 6.57 Å². The summed E-state index contributed by atoms with van der Waals surface area (Å²) >= 11 is 0. The molecular weight excluding hydrogens is 372 g/mol. The number of hydrogen-bond donors (Lipinski definition) is 0. The number of pyridine rings is 1. The Labute approximate surface area is 167 Å². The summed E-state index contributed by atoms with van der Waals surface area (Å²) in [5.74, 6) is 0.707. The lowest BCUT2D eigenvalue weighted by atomic mass is 10.1. The Morgan fingerprint density at radius 3 is 2.76 bits per heavy atom. The van der Waals surface area contributed by atoms with E-state index >= 15 is 0 Å². The van der Waals surface area contributed by atoms with Crippen LogP contribution >= 0.6 is 0 Å². The SMILES string of the molecule is [C-]#[N+]C1CN(C(=O)c2ccc(OCc3c(-c4ccc(C)nc4)noc3C)nn2)C1. The minimum atomic E-state index is -0.229. The summed E-state index contributed by atoms with van der Waals surface area (Å²) in [5.41, 5.74) is 3.45. The maximum absolute atomic E-state index is 12.3. The van der Waals surface area contributed by atoms with Crippen LogP contribution in [0.3, 0.4) is 0 Å². The highest BCUT2D eigenvalue weighted by molar-refractivity contribution is 5.92. The summed E-state index contributed by atoms with van der Waals surface area (Å²) in [6.07, 6.45) is 1.74. The van der Waals surface area contributed by atoms with Gasteiger partial charge in [0, 0.05) is 23.5 Å². The first-order chi connectivity index (χ1) is 14.0. The minimum Gasteiger partial charge on any atom is -0.472 e. The molecule has 4 rings (SSSR count). The Hall–Kier alpha value is -3.80. The molecule has 1 aliphatic heterocycles. The Balaban J connectivity index is 1.42. The Morgan fingerprint density at radius 1 is 1.28 bits per heavy atom. The summed E-state index contributed by atoms with van der Waals surface area (Å²) in [6.45, 7) is 11.7. The molecule has 0 radical (unpaired) electrons. The van der Waals surface area contributed by atoms with Crippen molar-refractivity contribution in [2.24, 2.45) is 0 Å². The molecule has 4 heterocycles. The first-order valence-electron chi connectivity index (χ1n) is 9.05. The lowest BCUT2D eigenvalue weighted by molar-refractivity contribution is 0.0629.